The van der Waals surface area contributed by atoms with Gasteiger partial charge in [-0.3, -0.25) is 9.69 Å². The summed E-state index contributed by atoms with van der Waals surface area (Å²) in [6.45, 7) is 17.0. The molecule has 1 aromatic heterocycles. The van der Waals surface area contributed by atoms with Crippen molar-refractivity contribution in [3.05, 3.63) is 86.3 Å². The lowest BCUT2D eigenvalue weighted by Gasteiger charge is -2.38. The summed E-state index contributed by atoms with van der Waals surface area (Å²) in [5.74, 6) is 0. The Kier molecular flexibility index (Phi) is 11.1. The largest absolute Gasteiger partial charge is 0.381 e. The molecule has 0 amide bonds. The first kappa shape index (κ1) is 31.5. The van der Waals surface area contributed by atoms with E-state index in [-0.39, 0.29) is 5.56 Å². The maximum Gasteiger partial charge on any atom is 0.252 e. The van der Waals surface area contributed by atoms with E-state index in [9.17, 15) is 4.79 Å². The van der Waals surface area contributed by atoms with E-state index in [0.717, 1.165) is 82.3 Å². The van der Waals surface area contributed by atoms with Crippen LogP contribution in [0.3, 0.4) is 0 Å². The molecule has 2 N–H and O–H groups in total. The van der Waals surface area contributed by atoms with Gasteiger partial charge in [-0.1, -0.05) is 37.6 Å². The number of morpholine rings is 1. The standard InChI is InChI=1S/C36H50N4O3/c1-5-6-13-40(33-11-16-42-17-12-33)35-22-31(30-9-7-29(8-10-30)25-39-14-18-43-19-15-39)21-32(28(35)4)23-37-24-34-26(2)20-27(3)38-36(34)41/h7-10,20-22,33,37H,5-6,11-19,23-25H2,1-4H3,(H,38,41). The predicted molar refractivity (Wildman–Crippen MR) is 176 cm³/mol. The Hall–Kier alpha value is -2.97. The van der Waals surface area contributed by atoms with Gasteiger partial charge in [-0.25, -0.2) is 0 Å². The Morgan fingerprint density at radius 1 is 0.930 bits per heavy atom. The van der Waals surface area contributed by atoms with Gasteiger partial charge in [0.25, 0.3) is 5.56 Å². The third-order valence-corrected chi connectivity index (χ3v) is 9.09. The number of benzene rings is 2. The van der Waals surface area contributed by atoms with E-state index < -0.39 is 0 Å². The summed E-state index contributed by atoms with van der Waals surface area (Å²) >= 11 is 0. The number of aryl methyl sites for hydroxylation is 2. The first-order chi connectivity index (χ1) is 20.9. The Labute approximate surface area is 257 Å². The van der Waals surface area contributed by atoms with Crippen molar-refractivity contribution in [2.75, 3.05) is 51.0 Å². The molecule has 0 aliphatic carbocycles. The average Bonchev–Trinajstić information content (AvgIpc) is 3.01. The summed E-state index contributed by atoms with van der Waals surface area (Å²) in [4.78, 5) is 20.7. The van der Waals surface area contributed by atoms with Gasteiger partial charge in [0, 0.05) is 75.5 Å². The van der Waals surface area contributed by atoms with Crippen LogP contribution in [0.2, 0.25) is 0 Å². The molecule has 7 nitrogen and oxygen atoms in total. The normalized spacial score (nSPS) is 16.5. The molecule has 2 aliphatic heterocycles. The highest BCUT2D eigenvalue weighted by Crippen LogP contribution is 2.34. The zero-order chi connectivity index (χ0) is 30.2. The zero-order valence-electron chi connectivity index (χ0n) is 26.6. The Balaban J connectivity index is 1.44. The number of aromatic amines is 1. The quantitative estimate of drug-likeness (QED) is 0.277. The lowest BCUT2D eigenvalue weighted by Crippen LogP contribution is -2.40. The molecule has 3 aromatic rings. The van der Waals surface area contributed by atoms with Crippen molar-refractivity contribution < 1.29 is 9.47 Å². The molecule has 7 heteroatoms. The molecule has 0 bridgehead atoms. The van der Waals surface area contributed by atoms with Crippen LogP contribution in [0.1, 0.15) is 66.1 Å². The fourth-order valence-corrected chi connectivity index (χ4v) is 6.47. The highest BCUT2D eigenvalue weighted by molar-refractivity contribution is 5.73. The molecule has 2 saturated heterocycles. The van der Waals surface area contributed by atoms with E-state index in [1.807, 2.05) is 19.9 Å². The van der Waals surface area contributed by atoms with Crippen molar-refractivity contribution in [3.8, 4) is 11.1 Å². The number of pyridine rings is 1. The SMILES string of the molecule is CCCCN(c1cc(-c2ccc(CN3CCOCC3)cc2)cc(CNCc2c(C)cc(C)[nH]c2=O)c1C)C1CCOCC1. The van der Waals surface area contributed by atoms with Crippen molar-refractivity contribution in [1.82, 2.24) is 15.2 Å². The number of hydrogen-bond acceptors (Lipinski definition) is 6. The van der Waals surface area contributed by atoms with Gasteiger partial charge in [0.2, 0.25) is 0 Å². The van der Waals surface area contributed by atoms with Crippen molar-refractivity contribution in [2.24, 2.45) is 0 Å². The van der Waals surface area contributed by atoms with Gasteiger partial charge in [0.1, 0.15) is 0 Å². The smallest absolute Gasteiger partial charge is 0.252 e. The van der Waals surface area contributed by atoms with Crippen LogP contribution in [0.5, 0.6) is 0 Å². The molecule has 0 radical (unpaired) electrons. The van der Waals surface area contributed by atoms with E-state index >= 15 is 0 Å². The summed E-state index contributed by atoms with van der Waals surface area (Å²) in [7, 11) is 0. The number of H-pyrrole nitrogens is 1. The first-order valence-corrected chi connectivity index (χ1v) is 16.2. The number of hydrogen-bond donors (Lipinski definition) is 2. The van der Waals surface area contributed by atoms with E-state index in [1.165, 1.54) is 46.3 Å². The third kappa shape index (κ3) is 8.15. The van der Waals surface area contributed by atoms with Crippen molar-refractivity contribution >= 4 is 5.69 Å². The second-order valence-corrected chi connectivity index (χ2v) is 12.3. The predicted octanol–water partition coefficient (Wildman–Crippen LogP) is 5.87. The molecule has 5 rings (SSSR count). The summed E-state index contributed by atoms with van der Waals surface area (Å²) in [5.41, 5.74) is 10.5. The summed E-state index contributed by atoms with van der Waals surface area (Å²) < 4.78 is 11.3. The molecule has 0 atom stereocenters. The Morgan fingerprint density at radius 3 is 2.35 bits per heavy atom. The number of anilines is 1. The summed E-state index contributed by atoms with van der Waals surface area (Å²) in [6, 6.07) is 16.4. The topological polar surface area (TPSA) is 69.8 Å². The van der Waals surface area contributed by atoms with Crippen LogP contribution >= 0.6 is 0 Å². The number of ether oxygens (including phenoxy) is 2. The number of rotatable bonds is 12. The van der Waals surface area contributed by atoms with Gasteiger partial charge in [0.05, 0.1) is 13.2 Å². The summed E-state index contributed by atoms with van der Waals surface area (Å²) in [5, 5.41) is 3.61. The van der Waals surface area contributed by atoms with Crippen molar-refractivity contribution in [3.63, 3.8) is 0 Å². The van der Waals surface area contributed by atoms with Gasteiger partial charge in [-0.05, 0) is 91.6 Å². The lowest BCUT2D eigenvalue weighted by molar-refractivity contribution is 0.0342. The molecule has 0 unspecified atom stereocenters. The molecule has 43 heavy (non-hydrogen) atoms. The highest BCUT2D eigenvalue weighted by Gasteiger charge is 2.24. The first-order valence-electron chi connectivity index (χ1n) is 16.2. The molecule has 2 aromatic carbocycles. The molecule has 2 aliphatic rings. The number of aromatic nitrogens is 1. The van der Waals surface area contributed by atoms with Gasteiger partial charge >= 0.3 is 0 Å². The maximum absolute atomic E-state index is 12.7. The van der Waals surface area contributed by atoms with Gasteiger partial charge < -0.3 is 24.7 Å². The molecule has 0 saturated carbocycles. The minimum Gasteiger partial charge on any atom is -0.381 e. The number of nitrogens with one attached hydrogen (secondary N) is 2. The fraction of sp³-hybridized carbons (Fsp3) is 0.528. The van der Waals surface area contributed by atoms with Crippen molar-refractivity contribution in [1.29, 1.82) is 0 Å². The maximum atomic E-state index is 12.7. The second kappa shape index (κ2) is 15.2. The Bertz CT molecular complexity index is 1390. The van der Waals surface area contributed by atoms with Gasteiger partial charge in [-0.2, -0.15) is 0 Å². The fourth-order valence-electron chi connectivity index (χ4n) is 6.47. The third-order valence-electron chi connectivity index (χ3n) is 9.09. The Morgan fingerprint density at radius 2 is 1.65 bits per heavy atom. The molecular formula is C36H50N4O3. The van der Waals surface area contributed by atoms with Crippen LogP contribution < -0.4 is 15.8 Å². The average molecular weight is 587 g/mol. The van der Waals surface area contributed by atoms with Gasteiger partial charge in [0.15, 0.2) is 0 Å². The second-order valence-electron chi connectivity index (χ2n) is 12.3. The van der Waals surface area contributed by atoms with Gasteiger partial charge in [-0.15, -0.1) is 0 Å². The van der Waals surface area contributed by atoms with Crippen LogP contribution in [-0.2, 0) is 29.1 Å². The highest BCUT2D eigenvalue weighted by atomic mass is 16.5. The number of nitrogens with zero attached hydrogens (tertiary/aromatic N) is 2. The van der Waals surface area contributed by atoms with E-state index in [4.69, 9.17) is 9.47 Å². The molecule has 0 spiro atoms. The molecule has 2 fully saturated rings. The van der Waals surface area contributed by atoms with Crippen LogP contribution in [0.25, 0.3) is 11.1 Å². The van der Waals surface area contributed by atoms with Crippen molar-refractivity contribution in [2.45, 2.75) is 79.1 Å². The monoisotopic (exact) mass is 586 g/mol. The molecule has 232 valence electrons. The lowest BCUT2D eigenvalue weighted by atomic mass is 9.94. The van der Waals surface area contributed by atoms with Crippen LogP contribution in [0.15, 0.2) is 47.3 Å². The minimum atomic E-state index is -0.00131. The number of unbranched alkanes of at least 4 members (excludes halogenated alkanes) is 1. The van der Waals surface area contributed by atoms with E-state index in [2.05, 4.69) is 70.3 Å². The molecule has 3 heterocycles. The minimum absolute atomic E-state index is 0.00131. The van der Waals surface area contributed by atoms with Crippen LogP contribution in [0.4, 0.5) is 5.69 Å². The molecular weight excluding hydrogens is 536 g/mol. The van der Waals surface area contributed by atoms with E-state index in [1.54, 1.807) is 0 Å². The van der Waals surface area contributed by atoms with Crippen LogP contribution in [0, 0.1) is 20.8 Å². The van der Waals surface area contributed by atoms with E-state index in [0.29, 0.717) is 19.1 Å². The summed E-state index contributed by atoms with van der Waals surface area (Å²) in [6.07, 6.45) is 4.46. The zero-order valence-corrected chi connectivity index (χ0v) is 26.6. The van der Waals surface area contributed by atoms with Crippen LogP contribution in [-0.4, -0.2) is 62.0 Å².